The Balaban J connectivity index is 1.35. The SMILES string of the molecule is c1ccc(-c2ccc(N(c3ccc4sc5ccccc5c4c3)c3cc4ccccc4c4ccccc34)c3sc4ccccc4c23)cc1. The van der Waals surface area contributed by atoms with E-state index in [4.69, 9.17) is 0 Å². The van der Waals surface area contributed by atoms with Crippen molar-refractivity contribution in [1.29, 1.82) is 0 Å². The van der Waals surface area contributed by atoms with E-state index < -0.39 is 0 Å². The highest BCUT2D eigenvalue weighted by atomic mass is 32.1. The largest absolute Gasteiger partial charge is 0.308 e. The maximum atomic E-state index is 2.52. The van der Waals surface area contributed by atoms with E-state index in [9.17, 15) is 0 Å². The molecule has 10 aromatic rings. The lowest BCUT2D eigenvalue weighted by Gasteiger charge is -2.28. The van der Waals surface area contributed by atoms with Gasteiger partial charge in [0, 0.05) is 46.7 Å². The molecule has 0 saturated heterocycles. The zero-order valence-electron chi connectivity index (χ0n) is 25.4. The number of hydrogen-bond donors (Lipinski definition) is 0. The Bertz CT molecular complexity index is 2810. The van der Waals surface area contributed by atoms with E-state index in [2.05, 4.69) is 169 Å². The maximum absolute atomic E-state index is 2.52. The van der Waals surface area contributed by atoms with Crippen LogP contribution in [0.4, 0.5) is 17.1 Å². The third-order valence-corrected chi connectivity index (χ3v) is 11.8. The van der Waals surface area contributed by atoms with E-state index in [0.717, 1.165) is 5.69 Å². The first-order valence-corrected chi connectivity index (χ1v) is 17.6. The maximum Gasteiger partial charge on any atom is 0.0641 e. The Hall–Kier alpha value is -5.48. The number of rotatable bonds is 4. The van der Waals surface area contributed by atoms with Gasteiger partial charge in [0.2, 0.25) is 0 Å². The van der Waals surface area contributed by atoms with Gasteiger partial charge in [-0.05, 0) is 69.8 Å². The van der Waals surface area contributed by atoms with Gasteiger partial charge < -0.3 is 4.90 Å². The number of thiophene rings is 2. The fourth-order valence-electron chi connectivity index (χ4n) is 7.33. The summed E-state index contributed by atoms with van der Waals surface area (Å²) in [6.45, 7) is 0. The second-order valence-corrected chi connectivity index (χ2v) is 14.2. The molecule has 0 aliphatic rings. The summed E-state index contributed by atoms with van der Waals surface area (Å²) in [5, 5.41) is 10.2. The normalized spacial score (nSPS) is 11.8. The quantitative estimate of drug-likeness (QED) is 0.174. The fraction of sp³-hybridized carbons (Fsp3) is 0. The molecule has 2 heterocycles. The van der Waals surface area contributed by atoms with Crippen molar-refractivity contribution in [2.45, 2.75) is 0 Å². The summed E-state index contributed by atoms with van der Waals surface area (Å²) in [5.41, 5.74) is 6.04. The molecule has 8 aromatic carbocycles. The van der Waals surface area contributed by atoms with E-state index in [0.29, 0.717) is 0 Å². The van der Waals surface area contributed by atoms with Gasteiger partial charge in [-0.2, -0.15) is 0 Å². The van der Waals surface area contributed by atoms with Crippen molar-refractivity contribution in [3.8, 4) is 11.1 Å². The lowest BCUT2D eigenvalue weighted by molar-refractivity contribution is 1.33. The van der Waals surface area contributed by atoms with Crippen LogP contribution in [0, 0.1) is 0 Å². The van der Waals surface area contributed by atoms with Crippen LogP contribution in [0.1, 0.15) is 0 Å². The van der Waals surface area contributed by atoms with Crippen molar-refractivity contribution in [3.05, 3.63) is 164 Å². The van der Waals surface area contributed by atoms with Crippen LogP contribution < -0.4 is 4.90 Å². The van der Waals surface area contributed by atoms with Gasteiger partial charge in [0.25, 0.3) is 0 Å². The molecule has 0 unspecified atom stereocenters. The monoisotopic (exact) mass is 633 g/mol. The van der Waals surface area contributed by atoms with Gasteiger partial charge in [-0.1, -0.05) is 121 Å². The first-order chi connectivity index (χ1) is 23.3. The minimum Gasteiger partial charge on any atom is -0.308 e. The molecule has 47 heavy (non-hydrogen) atoms. The van der Waals surface area contributed by atoms with Crippen LogP contribution in [0.5, 0.6) is 0 Å². The average Bonchev–Trinajstić information content (AvgIpc) is 3.71. The van der Waals surface area contributed by atoms with Crippen molar-refractivity contribution in [3.63, 3.8) is 0 Å². The molecular weight excluding hydrogens is 607 g/mol. The smallest absolute Gasteiger partial charge is 0.0641 e. The first-order valence-electron chi connectivity index (χ1n) is 15.9. The minimum absolute atomic E-state index is 1.16. The van der Waals surface area contributed by atoms with Crippen LogP contribution in [0.3, 0.4) is 0 Å². The van der Waals surface area contributed by atoms with Gasteiger partial charge in [0.1, 0.15) is 0 Å². The number of nitrogens with zero attached hydrogens (tertiary/aromatic N) is 1. The highest BCUT2D eigenvalue weighted by molar-refractivity contribution is 7.26. The van der Waals surface area contributed by atoms with Crippen molar-refractivity contribution >= 4 is 102 Å². The van der Waals surface area contributed by atoms with E-state index in [1.54, 1.807) is 0 Å². The van der Waals surface area contributed by atoms with E-state index >= 15 is 0 Å². The Morgan fingerprint density at radius 3 is 1.85 bits per heavy atom. The Morgan fingerprint density at radius 2 is 1.02 bits per heavy atom. The molecule has 0 saturated carbocycles. The third kappa shape index (κ3) is 4.14. The Kier molecular flexibility index (Phi) is 5.98. The predicted molar refractivity (Wildman–Crippen MR) is 207 cm³/mol. The van der Waals surface area contributed by atoms with Crippen LogP contribution >= 0.6 is 22.7 Å². The molecule has 220 valence electrons. The lowest BCUT2D eigenvalue weighted by atomic mass is 9.96. The van der Waals surface area contributed by atoms with Gasteiger partial charge in [0.05, 0.1) is 16.1 Å². The van der Waals surface area contributed by atoms with Crippen molar-refractivity contribution < 1.29 is 0 Å². The molecule has 2 aromatic heterocycles. The lowest BCUT2D eigenvalue weighted by Crippen LogP contribution is -2.11. The number of benzene rings is 8. The number of fused-ring (bicyclic) bond motifs is 9. The highest BCUT2D eigenvalue weighted by Crippen LogP contribution is 2.50. The van der Waals surface area contributed by atoms with Gasteiger partial charge >= 0.3 is 0 Å². The van der Waals surface area contributed by atoms with Crippen molar-refractivity contribution in [2.24, 2.45) is 0 Å². The number of hydrogen-bond acceptors (Lipinski definition) is 3. The second kappa shape index (κ2) is 10.5. The molecule has 0 bridgehead atoms. The summed E-state index contributed by atoms with van der Waals surface area (Å²) >= 11 is 3.76. The molecule has 0 aliphatic heterocycles. The minimum atomic E-state index is 1.16. The number of anilines is 3. The molecule has 0 aliphatic carbocycles. The molecule has 0 N–H and O–H groups in total. The fourth-order valence-corrected chi connectivity index (χ4v) is 9.65. The first kappa shape index (κ1) is 26.7. The van der Waals surface area contributed by atoms with E-state index in [1.807, 2.05) is 22.7 Å². The molecule has 0 amide bonds. The summed E-state index contributed by atoms with van der Waals surface area (Å²) in [5.74, 6) is 0. The topological polar surface area (TPSA) is 3.24 Å². The predicted octanol–water partition coefficient (Wildman–Crippen LogP) is 13.9. The molecule has 10 rings (SSSR count). The summed E-state index contributed by atoms with van der Waals surface area (Å²) in [7, 11) is 0. The van der Waals surface area contributed by atoms with E-state index in [-0.39, 0.29) is 0 Å². The Labute approximate surface area is 280 Å². The molecule has 0 fully saturated rings. The van der Waals surface area contributed by atoms with Gasteiger partial charge in [-0.25, -0.2) is 0 Å². The zero-order chi connectivity index (χ0) is 30.9. The van der Waals surface area contributed by atoms with Crippen LogP contribution in [0.25, 0.3) is 73.0 Å². The van der Waals surface area contributed by atoms with Crippen LogP contribution in [0.15, 0.2) is 164 Å². The third-order valence-electron chi connectivity index (χ3n) is 9.44. The molecule has 0 atom stereocenters. The molecule has 3 heteroatoms. The molecule has 0 spiro atoms. The molecule has 1 nitrogen and oxygen atoms in total. The Morgan fingerprint density at radius 1 is 0.383 bits per heavy atom. The van der Waals surface area contributed by atoms with Crippen LogP contribution in [-0.2, 0) is 0 Å². The average molecular weight is 634 g/mol. The summed E-state index contributed by atoms with van der Waals surface area (Å²) in [4.78, 5) is 2.52. The zero-order valence-corrected chi connectivity index (χ0v) is 27.0. The van der Waals surface area contributed by atoms with Gasteiger partial charge in [-0.15, -0.1) is 22.7 Å². The second-order valence-electron chi connectivity index (χ2n) is 12.1. The highest BCUT2D eigenvalue weighted by Gasteiger charge is 2.23. The van der Waals surface area contributed by atoms with Crippen LogP contribution in [-0.4, -0.2) is 0 Å². The van der Waals surface area contributed by atoms with Crippen molar-refractivity contribution in [2.75, 3.05) is 4.90 Å². The summed E-state index contributed by atoms with van der Waals surface area (Å²) in [6, 6.07) is 60.2. The standard InChI is InChI=1S/C44H27NS2/c1-2-12-28(13-3-1)32-23-24-38(44-43(32)36-19-9-11-21-41(36)47-44)45(30-22-25-42-37(27-30)35-18-8-10-20-40(35)46-42)39-26-29-14-4-5-15-31(29)33-16-6-7-17-34(33)39/h1-27H. The summed E-state index contributed by atoms with van der Waals surface area (Å²) < 4.78 is 5.22. The van der Waals surface area contributed by atoms with E-state index in [1.165, 1.54) is 84.4 Å². The summed E-state index contributed by atoms with van der Waals surface area (Å²) in [6.07, 6.45) is 0. The molecule has 0 radical (unpaired) electrons. The molecular formula is C44H27NS2. The van der Waals surface area contributed by atoms with Crippen molar-refractivity contribution in [1.82, 2.24) is 0 Å². The van der Waals surface area contributed by atoms with Crippen LogP contribution in [0.2, 0.25) is 0 Å². The van der Waals surface area contributed by atoms with Gasteiger partial charge in [0.15, 0.2) is 0 Å². The van der Waals surface area contributed by atoms with Gasteiger partial charge in [-0.3, -0.25) is 0 Å².